The highest BCUT2D eigenvalue weighted by Gasteiger charge is 2.11. The second-order valence-corrected chi connectivity index (χ2v) is 5.53. The molecular weight excluding hydrogens is 220 g/mol. The molecule has 0 bridgehead atoms. The molecule has 0 amide bonds. The molecule has 0 heterocycles. The first-order valence-corrected chi connectivity index (χ1v) is 6.85. The van der Waals surface area contributed by atoms with Gasteiger partial charge in [0.15, 0.2) is 5.78 Å². The molecule has 1 nitrogen and oxygen atoms in total. The SMILES string of the molecule is Cc1cc(C)c(CC2=CC(=O)CCCC2)c(C)c1. The van der Waals surface area contributed by atoms with Crippen molar-refractivity contribution in [2.24, 2.45) is 0 Å². The molecule has 1 heteroatoms. The van der Waals surface area contributed by atoms with Gasteiger partial charge in [-0.15, -0.1) is 0 Å². The first kappa shape index (κ1) is 13.1. The molecule has 0 unspecified atom stereocenters. The molecule has 0 radical (unpaired) electrons. The number of benzene rings is 1. The van der Waals surface area contributed by atoms with E-state index in [-0.39, 0.29) is 0 Å². The molecule has 0 aromatic heterocycles. The Morgan fingerprint density at radius 2 is 1.61 bits per heavy atom. The third-order valence-electron chi connectivity index (χ3n) is 3.78. The van der Waals surface area contributed by atoms with Gasteiger partial charge in [-0.1, -0.05) is 23.3 Å². The third-order valence-corrected chi connectivity index (χ3v) is 3.78. The monoisotopic (exact) mass is 242 g/mol. The van der Waals surface area contributed by atoms with Crippen molar-refractivity contribution in [3.8, 4) is 0 Å². The molecule has 0 saturated heterocycles. The Morgan fingerprint density at radius 1 is 1.00 bits per heavy atom. The van der Waals surface area contributed by atoms with Crippen LogP contribution < -0.4 is 0 Å². The van der Waals surface area contributed by atoms with Crippen molar-refractivity contribution >= 4 is 5.78 Å². The van der Waals surface area contributed by atoms with Crippen LogP contribution in [0.25, 0.3) is 0 Å². The number of ketones is 1. The summed E-state index contributed by atoms with van der Waals surface area (Å²) in [5, 5.41) is 0. The first-order valence-electron chi connectivity index (χ1n) is 6.85. The number of rotatable bonds is 2. The zero-order chi connectivity index (χ0) is 13.1. The summed E-state index contributed by atoms with van der Waals surface area (Å²) in [4.78, 5) is 11.6. The van der Waals surface area contributed by atoms with Crippen LogP contribution in [-0.4, -0.2) is 5.78 Å². The van der Waals surface area contributed by atoms with E-state index in [1.807, 2.05) is 6.08 Å². The van der Waals surface area contributed by atoms with Crippen molar-refractivity contribution in [2.45, 2.75) is 52.9 Å². The Labute approximate surface area is 110 Å². The van der Waals surface area contributed by atoms with E-state index in [1.165, 1.54) is 27.8 Å². The number of carbonyl (C=O) groups excluding carboxylic acids is 1. The van der Waals surface area contributed by atoms with Gasteiger partial charge in [-0.25, -0.2) is 0 Å². The normalized spacial score (nSPS) is 16.4. The van der Waals surface area contributed by atoms with Crippen molar-refractivity contribution < 1.29 is 4.79 Å². The Morgan fingerprint density at radius 3 is 2.28 bits per heavy atom. The third kappa shape index (κ3) is 3.10. The van der Waals surface area contributed by atoms with Gasteiger partial charge < -0.3 is 0 Å². The average Bonchev–Trinajstić information content (AvgIpc) is 2.48. The van der Waals surface area contributed by atoms with E-state index in [4.69, 9.17) is 0 Å². The zero-order valence-electron chi connectivity index (χ0n) is 11.7. The summed E-state index contributed by atoms with van der Waals surface area (Å²) in [5.41, 5.74) is 6.74. The van der Waals surface area contributed by atoms with E-state index in [0.29, 0.717) is 5.78 Å². The second kappa shape index (κ2) is 5.51. The Kier molecular flexibility index (Phi) is 4.00. The van der Waals surface area contributed by atoms with Gasteiger partial charge in [0.2, 0.25) is 0 Å². The van der Waals surface area contributed by atoms with E-state index < -0.39 is 0 Å². The van der Waals surface area contributed by atoms with Crippen LogP contribution in [0.4, 0.5) is 0 Å². The lowest BCUT2D eigenvalue weighted by molar-refractivity contribution is -0.114. The minimum Gasteiger partial charge on any atom is -0.295 e. The van der Waals surface area contributed by atoms with E-state index in [0.717, 1.165) is 32.1 Å². The van der Waals surface area contributed by atoms with Gasteiger partial charge in [-0.3, -0.25) is 4.79 Å². The molecule has 1 aliphatic carbocycles. The van der Waals surface area contributed by atoms with Crippen molar-refractivity contribution in [2.75, 3.05) is 0 Å². The molecule has 2 rings (SSSR count). The van der Waals surface area contributed by atoms with Gasteiger partial charge in [0.1, 0.15) is 0 Å². The molecule has 0 N–H and O–H groups in total. The van der Waals surface area contributed by atoms with Gasteiger partial charge in [-0.2, -0.15) is 0 Å². The number of hydrogen-bond donors (Lipinski definition) is 0. The number of carbonyl (C=O) groups is 1. The number of aryl methyl sites for hydroxylation is 3. The summed E-state index contributed by atoms with van der Waals surface area (Å²) >= 11 is 0. The largest absolute Gasteiger partial charge is 0.295 e. The van der Waals surface area contributed by atoms with Gasteiger partial charge in [0.25, 0.3) is 0 Å². The maximum Gasteiger partial charge on any atom is 0.155 e. The molecule has 1 aliphatic rings. The van der Waals surface area contributed by atoms with E-state index in [9.17, 15) is 4.79 Å². The standard InChI is InChI=1S/C17H22O/c1-12-8-13(2)17(14(3)9-12)11-15-6-4-5-7-16(18)10-15/h8-10H,4-7,11H2,1-3H3. The smallest absolute Gasteiger partial charge is 0.155 e. The predicted octanol–water partition coefficient (Wildman–Crippen LogP) is 4.22. The summed E-state index contributed by atoms with van der Waals surface area (Å²) in [6.45, 7) is 6.49. The Balaban J connectivity index is 2.26. The number of hydrogen-bond acceptors (Lipinski definition) is 1. The lowest BCUT2D eigenvalue weighted by Gasteiger charge is -2.13. The van der Waals surface area contributed by atoms with Crippen LogP contribution in [-0.2, 0) is 11.2 Å². The van der Waals surface area contributed by atoms with Crippen LogP contribution in [0.15, 0.2) is 23.8 Å². The molecule has 1 aromatic carbocycles. The highest BCUT2D eigenvalue weighted by molar-refractivity contribution is 5.90. The van der Waals surface area contributed by atoms with Crippen LogP contribution in [0.5, 0.6) is 0 Å². The zero-order valence-corrected chi connectivity index (χ0v) is 11.7. The molecule has 18 heavy (non-hydrogen) atoms. The summed E-state index contributed by atoms with van der Waals surface area (Å²) in [6.07, 6.45) is 6.86. The van der Waals surface area contributed by atoms with Gasteiger partial charge in [-0.05, 0) is 69.2 Å². The van der Waals surface area contributed by atoms with Crippen molar-refractivity contribution in [3.05, 3.63) is 46.0 Å². The van der Waals surface area contributed by atoms with E-state index in [2.05, 4.69) is 32.9 Å². The fourth-order valence-corrected chi connectivity index (χ4v) is 2.88. The highest BCUT2D eigenvalue weighted by atomic mass is 16.1. The minimum absolute atomic E-state index is 0.310. The maximum atomic E-state index is 11.6. The predicted molar refractivity (Wildman–Crippen MR) is 75.9 cm³/mol. The Hall–Kier alpha value is -1.37. The summed E-state index contributed by atoms with van der Waals surface area (Å²) < 4.78 is 0. The minimum atomic E-state index is 0.310. The summed E-state index contributed by atoms with van der Waals surface area (Å²) in [6, 6.07) is 4.48. The van der Waals surface area contributed by atoms with Crippen LogP contribution >= 0.6 is 0 Å². The van der Waals surface area contributed by atoms with Crippen LogP contribution in [0.1, 0.15) is 47.9 Å². The molecule has 96 valence electrons. The van der Waals surface area contributed by atoms with Crippen molar-refractivity contribution in [1.29, 1.82) is 0 Å². The average molecular weight is 242 g/mol. The molecule has 1 aromatic rings. The molecule has 0 aliphatic heterocycles. The van der Waals surface area contributed by atoms with Crippen molar-refractivity contribution in [1.82, 2.24) is 0 Å². The quantitative estimate of drug-likeness (QED) is 0.758. The van der Waals surface area contributed by atoms with E-state index in [1.54, 1.807) is 0 Å². The summed E-state index contributed by atoms with van der Waals surface area (Å²) in [5.74, 6) is 0.310. The van der Waals surface area contributed by atoms with Gasteiger partial charge in [0.05, 0.1) is 0 Å². The van der Waals surface area contributed by atoms with Gasteiger partial charge in [0, 0.05) is 6.42 Å². The second-order valence-electron chi connectivity index (χ2n) is 5.53. The summed E-state index contributed by atoms with van der Waals surface area (Å²) in [7, 11) is 0. The number of allylic oxidation sites excluding steroid dienone is 2. The Bertz CT molecular complexity index is 471. The van der Waals surface area contributed by atoms with Crippen LogP contribution in [0.2, 0.25) is 0 Å². The first-order chi connectivity index (χ1) is 8.56. The molecule has 0 atom stereocenters. The lowest BCUT2D eigenvalue weighted by Crippen LogP contribution is -1.99. The van der Waals surface area contributed by atoms with Crippen LogP contribution in [0.3, 0.4) is 0 Å². The van der Waals surface area contributed by atoms with Crippen molar-refractivity contribution in [3.63, 3.8) is 0 Å². The topological polar surface area (TPSA) is 17.1 Å². The lowest BCUT2D eigenvalue weighted by atomic mass is 9.92. The highest BCUT2D eigenvalue weighted by Crippen LogP contribution is 2.24. The van der Waals surface area contributed by atoms with Crippen LogP contribution in [0, 0.1) is 20.8 Å². The fourth-order valence-electron chi connectivity index (χ4n) is 2.88. The van der Waals surface area contributed by atoms with Gasteiger partial charge >= 0.3 is 0 Å². The molecule has 0 saturated carbocycles. The molecular formula is C17H22O. The molecule has 0 spiro atoms. The fraction of sp³-hybridized carbons (Fsp3) is 0.471. The molecule has 0 fully saturated rings. The maximum absolute atomic E-state index is 11.6. The van der Waals surface area contributed by atoms with E-state index >= 15 is 0 Å².